The van der Waals surface area contributed by atoms with Gasteiger partial charge in [-0.15, -0.1) is 0 Å². The molecule has 1 aromatic rings. The van der Waals surface area contributed by atoms with Gasteiger partial charge in [0.15, 0.2) is 5.69 Å². The van der Waals surface area contributed by atoms with Crippen LogP contribution in [0.1, 0.15) is 12.1 Å². The minimum Gasteiger partial charge on any atom is -0.258 e. The Morgan fingerprint density at radius 2 is 2.07 bits per heavy atom. The highest BCUT2D eigenvalue weighted by Gasteiger charge is 2.27. The number of rotatable bonds is 2. The standard InChI is InChI=1S/C6H2Br2F2N2O2/c7-2-1-3(8)11-4(6(9)10)5(2)12(13)14/h1,6H. The molecule has 0 unspecified atom stereocenters. The van der Waals surface area contributed by atoms with E-state index in [4.69, 9.17) is 0 Å². The lowest BCUT2D eigenvalue weighted by Gasteiger charge is -2.02. The van der Waals surface area contributed by atoms with Crippen LogP contribution in [-0.4, -0.2) is 9.91 Å². The molecule has 0 amide bonds. The van der Waals surface area contributed by atoms with Crippen molar-refractivity contribution in [1.29, 1.82) is 0 Å². The van der Waals surface area contributed by atoms with E-state index < -0.39 is 22.7 Å². The summed E-state index contributed by atoms with van der Waals surface area (Å²) in [7, 11) is 0. The monoisotopic (exact) mass is 330 g/mol. The van der Waals surface area contributed by atoms with Crippen molar-refractivity contribution in [3.8, 4) is 0 Å². The second-order valence-electron chi connectivity index (χ2n) is 2.22. The Kier molecular flexibility index (Phi) is 3.48. The van der Waals surface area contributed by atoms with Gasteiger partial charge in [-0.3, -0.25) is 10.1 Å². The lowest BCUT2D eigenvalue weighted by Crippen LogP contribution is -2.00. The smallest absolute Gasteiger partial charge is 0.258 e. The number of nitrogens with zero attached hydrogens (tertiary/aromatic N) is 2. The van der Waals surface area contributed by atoms with Crippen LogP contribution < -0.4 is 0 Å². The summed E-state index contributed by atoms with van der Waals surface area (Å²) in [6, 6.07) is 1.24. The van der Waals surface area contributed by atoms with Crippen LogP contribution in [0, 0.1) is 10.1 Å². The molecule has 14 heavy (non-hydrogen) atoms. The molecule has 0 fully saturated rings. The average molecular weight is 332 g/mol. The van der Waals surface area contributed by atoms with E-state index in [-0.39, 0.29) is 9.08 Å². The van der Waals surface area contributed by atoms with Crippen LogP contribution in [-0.2, 0) is 0 Å². The first-order chi connectivity index (χ1) is 6.43. The predicted octanol–water partition coefficient (Wildman–Crippen LogP) is 3.45. The zero-order chi connectivity index (χ0) is 10.9. The Labute approximate surface area is 93.7 Å². The third-order valence-electron chi connectivity index (χ3n) is 1.33. The van der Waals surface area contributed by atoms with Crippen LogP contribution in [0.25, 0.3) is 0 Å². The summed E-state index contributed by atoms with van der Waals surface area (Å²) in [5.41, 5.74) is -1.56. The summed E-state index contributed by atoms with van der Waals surface area (Å²) in [5, 5.41) is 10.4. The van der Waals surface area contributed by atoms with Gasteiger partial charge in [-0.25, -0.2) is 13.8 Å². The lowest BCUT2D eigenvalue weighted by atomic mass is 10.3. The maximum absolute atomic E-state index is 12.3. The Hall–Kier alpha value is -0.630. The summed E-state index contributed by atoms with van der Waals surface area (Å²) < 4.78 is 24.8. The van der Waals surface area contributed by atoms with E-state index in [1.165, 1.54) is 6.07 Å². The van der Waals surface area contributed by atoms with Crippen molar-refractivity contribution < 1.29 is 13.7 Å². The molecule has 0 bridgehead atoms. The molecule has 8 heteroatoms. The summed E-state index contributed by atoms with van der Waals surface area (Å²) in [6.45, 7) is 0. The average Bonchev–Trinajstić information content (AvgIpc) is 2.01. The molecule has 1 rings (SSSR count). The number of pyridine rings is 1. The van der Waals surface area contributed by atoms with Gasteiger partial charge in [0.05, 0.1) is 4.92 Å². The van der Waals surface area contributed by atoms with Crippen molar-refractivity contribution in [2.75, 3.05) is 0 Å². The number of hydrogen-bond acceptors (Lipinski definition) is 3. The molecule has 0 atom stereocenters. The van der Waals surface area contributed by atoms with E-state index in [1.807, 2.05) is 0 Å². The van der Waals surface area contributed by atoms with Crippen molar-refractivity contribution in [3.05, 3.63) is 31.0 Å². The van der Waals surface area contributed by atoms with Crippen molar-refractivity contribution in [2.45, 2.75) is 6.43 Å². The molecule has 0 aromatic carbocycles. The molecule has 1 aromatic heterocycles. The molecule has 0 saturated carbocycles. The van der Waals surface area contributed by atoms with E-state index in [2.05, 4.69) is 36.8 Å². The fraction of sp³-hybridized carbons (Fsp3) is 0.167. The van der Waals surface area contributed by atoms with Crippen molar-refractivity contribution >= 4 is 37.5 Å². The molecule has 0 radical (unpaired) electrons. The number of nitro groups is 1. The van der Waals surface area contributed by atoms with E-state index >= 15 is 0 Å². The fourth-order valence-corrected chi connectivity index (χ4v) is 2.12. The first-order valence-electron chi connectivity index (χ1n) is 3.22. The minimum atomic E-state index is -2.98. The lowest BCUT2D eigenvalue weighted by molar-refractivity contribution is -0.387. The van der Waals surface area contributed by atoms with E-state index in [0.717, 1.165) is 0 Å². The van der Waals surface area contributed by atoms with Crippen LogP contribution in [0.15, 0.2) is 15.1 Å². The molecular weight excluding hydrogens is 330 g/mol. The number of aromatic nitrogens is 1. The minimum absolute atomic E-state index is 0.0281. The highest BCUT2D eigenvalue weighted by Crippen LogP contribution is 2.35. The highest BCUT2D eigenvalue weighted by molar-refractivity contribution is 9.11. The number of alkyl halides is 2. The zero-order valence-corrected chi connectivity index (χ0v) is 9.55. The second kappa shape index (κ2) is 4.26. The van der Waals surface area contributed by atoms with Gasteiger partial charge in [0.1, 0.15) is 9.08 Å². The Bertz CT molecular complexity index is 386. The van der Waals surface area contributed by atoms with E-state index in [1.54, 1.807) is 0 Å². The van der Waals surface area contributed by atoms with Gasteiger partial charge >= 0.3 is 5.69 Å². The number of halogens is 4. The Balaban J connectivity index is 3.44. The summed E-state index contributed by atoms with van der Waals surface area (Å²) in [6.07, 6.45) is -2.98. The fourth-order valence-electron chi connectivity index (χ4n) is 0.828. The zero-order valence-electron chi connectivity index (χ0n) is 6.38. The topological polar surface area (TPSA) is 56.0 Å². The maximum Gasteiger partial charge on any atom is 0.310 e. The third-order valence-corrected chi connectivity index (χ3v) is 2.34. The van der Waals surface area contributed by atoms with Crippen LogP contribution in [0.3, 0.4) is 0 Å². The van der Waals surface area contributed by atoms with Gasteiger partial charge in [-0.1, -0.05) is 0 Å². The molecule has 1 heterocycles. The van der Waals surface area contributed by atoms with Gasteiger partial charge in [0.2, 0.25) is 0 Å². The van der Waals surface area contributed by atoms with Crippen molar-refractivity contribution in [2.24, 2.45) is 0 Å². The van der Waals surface area contributed by atoms with Crippen molar-refractivity contribution in [1.82, 2.24) is 4.98 Å². The summed E-state index contributed by atoms with van der Waals surface area (Å²) >= 11 is 5.69. The Morgan fingerprint density at radius 1 is 1.50 bits per heavy atom. The second-order valence-corrected chi connectivity index (χ2v) is 3.89. The van der Waals surface area contributed by atoms with E-state index in [9.17, 15) is 18.9 Å². The van der Waals surface area contributed by atoms with Gasteiger partial charge in [-0.05, 0) is 37.9 Å². The first-order valence-corrected chi connectivity index (χ1v) is 4.80. The van der Waals surface area contributed by atoms with Gasteiger partial charge in [0, 0.05) is 0 Å². The highest BCUT2D eigenvalue weighted by atomic mass is 79.9. The van der Waals surface area contributed by atoms with Crippen LogP contribution in [0.5, 0.6) is 0 Å². The molecule has 0 aliphatic heterocycles. The maximum atomic E-state index is 12.3. The Morgan fingerprint density at radius 3 is 2.50 bits per heavy atom. The molecule has 0 aliphatic carbocycles. The molecule has 4 nitrogen and oxygen atoms in total. The molecular formula is C6H2Br2F2N2O2. The van der Waals surface area contributed by atoms with Crippen LogP contribution in [0.2, 0.25) is 0 Å². The number of hydrogen-bond donors (Lipinski definition) is 0. The third kappa shape index (κ3) is 2.24. The summed E-state index contributed by atoms with van der Waals surface area (Å²) in [4.78, 5) is 12.9. The van der Waals surface area contributed by atoms with E-state index in [0.29, 0.717) is 0 Å². The first kappa shape index (κ1) is 11.4. The van der Waals surface area contributed by atoms with Gasteiger partial charge in [-0.2, -0.15) is 0 Å². The molecule has 0 aliphatic rings. The van der Waals surface area contributed by atoms with Crippen LogP contribution in [0.4, 0.5) is 14.5 Å². The SMILES string of the molecule is O=[N+]([O-])c1c(Br)cc(Br)nc1C(F)F. The van der Waals surface area contributed by atoms with Gasteiger partial charge < -0.3 is 0 Å². The van der Waals surface area contributed by atoms with Crippen molar-refractivity contribution in [3.63, 3.8) is 0 Å². The molecule has 76 valence electrons. The molecule has 0 saturated heterocycles. The summed E-state index contributed by atoms with van der Waals surface area (Å²) in [5.74, 6) is 0. The predicted molar refractivity (Wildman–Crippen MR) is 51.2 cm³/mol. The molecule has 0 N–H and O–H groups in total. The normalized spacial score (nSPS) is 10.6. The van der Waals surface area contributed by atoms with Gasteiger partial charge in [0.25, 0.3) is 6.43 Å². The largest absolute Gasteiger partial charge is 0.310 e. The quantitative estimate of drug-likeness (QED) is 0.474. The molecule has 0 spiro atoms. The van der Waals surface area contributed by atoms with Crippen LogP contribution >= 0.6 is 31.9 Å².